The van der Waals surface area contributed by atoms with Gasteiger partial charge in [-0.2, -0.15) is 5.26 Å². The van der Waals surface area contributed by atoms with E-state index in [1.54, 1.807) is 0 Å². The Kier molecular flexibility index (Phi) is 3.98. The molecule has 2 aromatic carbocycles. The monoisotopic (exact) mass is 280 g/mol. The van der Waals surface area contributed by atoms with Crippen LogP contribution in [0.15, 0.2) is 48.5 Å². The second kappa shape index (κ2) is 6.07. The van der Waals surface area contributed by atoms with Gasteiger partial charge in [-0.05, 0) is 48.2 Å². The number of hydrogen-bond donors (Lipinski definition) is 0. The molecule has 1 aliphatic rings. The lowest BCUT2D eigenvalue weighted by Crippen LogP contribution is -2.25. The van der Waals surface area contributed by atoms with E-state index in [0.717, 1.165) is 24.2 Å². The molecule has 0 N–H and O–H groups in total. The number of hydrogen-bond acceptors (Lipinski definition) is 2. The zero-order valence-electron chi connectivity index (χ0n) is 11.8. The summed E-state index contributed by atoms with van der Waals surface area (Å²) in [5.41, 5.74) is 2.98. The van der Waals surface area contributed by atoms with E-state index in [4.69, 9.17) is 5.26 Å². The van der Waals surface area contributed by atoms with E-state index in [9.17, 15) is 4.39 Å². The minimum atomic E-state index is -0.196. The summed E-state index contributed by atoms with van der Waals surface area (Å²) in [6.07, 6.45) is 2.44. The molecule has 0 aliphatic heterocycles. The molecule has 1 aliphatic carbocycles. The van der Waals surface area contributed by atoms with Crippen molar-refractivity contribution in [1.82, 2.24) is 4.90 Å². The highest BCUT2D eigenvalue weighted by molar-refractivity contribution is 5.32. The molecule has 0 saturated heterocycles. The normalized spacial score (nSPS) is 14.1. The Balaban J connectivity index is 1.72. The molecule has 2 aromatic rings. The van der Waals surface area contributed by atoms with Crippen LogP contribution in [0.1, 0.15) is 29.5 Å². The summed E-state index contributed by atoms with van der Waals surface area (Å²) in [5, 5.41) is 8.98. The van der Waals surface area contributed by atoms with Gasteiger partial charge in [0.15, 0.2) is 0 Å². The first-order chi connectivity index (χ1) is 10.2. The maximum Gasteiger partial charge on any atom is 0.123 e. The Bertz CT molecular complexity index is 654. The number of benzene rings is 2. The molecule has 2 nitrogen and oxygen atoms in total. The van der Waals surface area contributed by atoms with Gasteiger partial charge in [0.05, 0.1) is 11.6 Å². The molecular weight excluding hydrogens is 263 g/mol. The highest BCUT2D eigenvalue weighted by atomic mass is 19.1. The van der Waals surface area contributed by atoms with E-state index in [-0.39, 0.29) is 5.82 Å². The summed E-state index contributed by atoms with van der Waals surface area (Å²) in [5.74, 6) is -0.196. The van der Waals surface area contributed by atoms with Crippen molar-refractivity contribution >= 4 is 0 Å². The fourth-order valence-electron chi connectivity index (χ4n) is 2.55. The molecule has 106 valence electrons. The summed E-state index contributed by atoms with van der Waals surface area (Å²) in [6.45, 7) is 1.65. The molecule has 3 rings (SSSR count). The Labute approximate surface area is 124 Å². The van der Waals surface area contributed by atoms with E-state index in [1.165, 1.54) is 25.0 Å². The van der Waals surface area contributed by atoms with E-state index in [0.29, 0.717) is 11.6 Å². The largest absolute Gasteiger partial charge is 0.292 e. The predicted octanol–water partition coefficient (Wildman–Crippen LogP) is 3.86. The maximum absolute atomic E-state index is 13.0. The summed E-state index contributed by atoms with van der Waals surface area (Å²) >= 11 is 0. The lowest BCUT2D eigenvalue weighted by Gasteiger charge is -2.22. The van der Waals surface area contributed by atoms with Gasteiger partial charge in [0.1, 0.15) is 5.82 Å². The van der Waals surface area contributed by atoms with E-state index in [1.807, 2.05) is 30.3 Å². The van der Waals surface area contributed by atoms with Gasteiger partial charge in [-0.25, -0.2) is 4.39 Å². The quantitative estimate of drug-likeness (QED) is 0.831. The third-order valence-electron chi connectivity index (χ3n) is 3.80. The molecule has 0 unspecified atom stereocenters. The van der Waals surface area contributed by atoms with Gasteiger partial charge in [0.2, 0.25) is 0 Å². The van der Waals surface area contributed by atoms with Gasteiger partial charge < -0.3 is 0 Å². The van der Waals surface area contributed by atoms with Crippen LogP contribution in [0.2, 0.25) is 0 Å². The molecule has 0 aromatic heterocycles. The van der Waals surface area contributed by atoms with Crippen molar-refractivity contribution in [3.63, 3.8) is 0 Å². The maximum atomic E-state index is 13.0. The van der Waals surface area contributed by atoms with E-state index >= 15 is 0 Å². The van der Waals surface area contributed by atoms with Crippen LogP contribution in [0, 0.1) is 17.1 Å². The lowest BCUT2D eigenvalue weighted by molar-refractivity contribution is 0.245. The molecule has 1 saturated carbocycles. The first-order valence-corrected chi connectivity index (χ1v) is 7.22. The van der Waals surface area contributed by atoms with Crippen molar-refractivity contribution in [1.29, 1.82) is 5.26 Å². The zero-order valence-corrected chi connectivity index (χ0v) is 11.8. The molecule has 0 atom stereocenters. The van der Waals surface area contributed by atoms with Gasteiger partial charge in [-0.3, -0.25) is 4.90 Å². The van der Waals surface area contributed by atoms with Crippen molar-refractivity contribution in [2.45, 2.75) is 32.0 Å². The van der Waals surface area contributed by atoms with Crippen LogP contribution in [0.4, 0.5) is 4.39 Å². The number of halogens is 1. The fourth-order valence-corrected chi connectivity index (χ4v) is 2.55. The third kappa shape index (κ3) is 3.68. The lowest BCUT2D eigenvalue weighted by atomic mass is 10.1. The Morgan fingerprint density at radius 2 is 1.76 bits per heavy atom. The standard InChI is InChI=1S/C18H17FN2/c19-17-6-4-14(5-7-17)12-21(18-8-9-18)13-16-3-1-2-15(10-16)11-20/h1-7,10,18H,8-9,12-13H2. The predicted molar refractivity (Wildman–Crippen MR) is 79.8 cm³/mol. The van der Waals surface area contributed by atoms with Crippen LogP contribution in [0.25, 0.3) is 0 Å². The van der Waals surface area contributed by atoms with Gasteiger partial charge in [-0.1, -0.05) is 24.3 Å². The summed E-state index contributed by atoms with van der Waals surface area (Å²) in [4.78, 5) is 2.41. The Morgan fingerprint density at radius 3 is 2.43 bits per heavy atom. The molecule has 3 heteroatoms. The van der Waals surface area contributed by atoms with Crippen LogP contribution in [0.3, 0.4) is 0 Å². The average molecular weight is 280 g/mol. The van der Waals surface area contributed by atoms with Crippen LogP contribution in [0.5, 0.6) is 0 Å². The van der Waals surface area contributed by atoms with Gasteiger partial charge in [0, 0.05) is 19.1 Å². The van der Waals surface area contributed by atoms with Crippen molar-refractivity contribution in [2.75, 3.05) is 0 Å². The SMILES string of the molecule is N#Cc1cccc(CN(Cc2ccc(F)cc2)C2CC2)c1. The smallest absolute Gasteiger partial charge is 0.123 e. The number of nitriles is 1. The molecule has 21 heavy (non-hydrogen) atoms. The molecule has 0 radical (unpaired) electrons. The van der Waals surface area contributed by atoms with E-state index < -0.39 is 0 Å². The minimum Gasteiger partial charge on any atom is -0.292 e. The highest BCUT2D eigenvalue weighted by Gasteiger charge is 2.28. The Morgan fingerprint density at radius 1 is 1.05 bits per heavy atom. The summed E-state index contributed by atoms with van der Waals surface area (Å²) in [6, 6.07) is 17.3. The van der Waals surface area contributed by atoms with Crippen LogP contribution >= 0.6 is 0 Å². The average Bonchev–Trinajstić information content (AvgIpc) is 3.34. The number of rotatable bonds is 5. The van der Waals surface area contributed by atoms with Gasteiger partial charge >= 0.3 is 0 Å². The van der Waals surface area contributed by atoms with Crippen LogP contribution in [-0.2, 0) is 13.1 Å². The second-order valence-electron chi connectivity index (χ2n) is 5.57. The Hall–Kier alpha value is -2.18. The minimum absolute atomic E-state index is 0.196. The molecular formula is C18H17FN2. The molecule has 0 bridgehead atoms. The molecule has 0 spiro atoms. The van der Waals surface area contributed by atoms with Gasteiger partial charge in [-0.15, -0.1) is 0 Å². The first-order valence-electron chi connectivity index (χ1n) is 7.22. The molecule has 0 heterocycles. The number of nitrogens with zero attached hydrogens (tertiary/aromatic N) is 2. The first kappa shape index (κ1) is 13.8. The topological polar surface area (TPSA) is 27.0 Å². The van der Waals surface area contributed by atoms with Crippen LogP contribution in [-0.4, -0.2) is 10.9 Å². The van der Waals surface area contributed by atoms with Crippen molar-refractivity contribution in [3.8, 4) is 6.07 Å². The summed E-state index contributed by atoms with van der Waals surface area (Å²) in [7, 11) is 0. The molecule has 1 fully saturated rings. The summed E-state index contributed by atoms with van der Waals surface area (Å²) < 4.78 is 13.0. The van der Waals surface area contributed by atoms with E-state index in [2.05, 4.69) is 17.0 Å². The van der Waals surface area contributed by atoms with Crippen LogP contribution < -0.4 is 0 Å². The fraction of sp³-hybridized carbons (Fsp3) is 0.278. The van der Waals surface area contributed by atoms with Crippen molar-refractivity contribution < 1.29 is 4.39 Å². The van der Waals surface area contributed by atoms with Gasteiger partial charge in [0.25, 0.3) is 0 Å². The second-order valence-corrected chi connectivity index (χ2v) is 5.57. The highest BCUT2D eigenvalue weighted by Crippen LogP contribution is 2.30. The van der Waals surface area contributed by atoms with Crippen molar-refractivity contribution in [2.24, 2.45) is 0 Å². The zero-order chi connectivity index (χ0) is 14.7. The van der Waals surface area contributed by atoms with Crippen molar-refractivity contribution in [3.05, 3.63) is 71.0 Å². The molecule has 0 amide bonds. The third-order valence-corrected chi connectivity index (χ3v) is 3.80.